The number of halogens is 1. The molecule has 0 unspecified atom stereocenters. The van der Waals surface area contributed by atoms with Crippen molar-refractivity contribution in [1.29, 1.82) is 0 Å². The van der Waals surface area contributed by atoms with Crippen LogP contribution < -0.4 is 4.90 Å². The third kappa shape index (κ3) is 1.77. The minimum atomic E-state index is -1.41. The van der Waals surface area contributed by atoms with Gasteiger partial charge in [0.2, 0.25) is 0 Å². The highest BCUT2D eigenvalue weighted by atomic mass is 19.1. The molecule has 0 aliphatic carbocycles. The average Bonchev–Trinajstić information content (AvgIpc) is 2.54. The van der Waals surface area contributed by atoms with Gasteiger partial charge in [-0.2, -0.15) is 0 Å². The molecule has 18 heavy (non-hydrogen) atoms. The number of aromatic carboxylic acids is 1. The van der Waals surface area contributed by atoms with Crippen LogP contribution in [-0.2, 0) is 9.59 Å². The molecule has 0 saturated carbocycles. The van der Waals surface area contributed by atoms with E-state index in [4.69, 9.17) is 5.11 Å². The molecule has 5 nitrogen and oxygen atoms in total. The standard InChI is InChI=1S/C12H8FNO4/c1-6-4-10(15)14(11(6)16)9-3-2-7(13)5-8(9)12(17)18/h2-5H,1H3,(H,17,18). The Hall–Kier alpha value is -2.50. The molecule has 0 aromatic heterocycles. The number of amides is 2. The Balaban J connectivity index is 2.56. The fourth-order valence-electron chi connectivity index (χ4n) is 1.69. The fourth-order valence-corrected chi connectivity index (χ4v) is 1.69. The van der Waals surface area contributed by atoms with Crippen molar-refractivity contribution in [2.45, 2.75) is 6.92 Å². The number of hydrogen-bond donors (Lipinski definition) is 1. The van der Waals surface area contributed by atoms with Crippen LogP contribution in [0.15, 0.2) is 29.8 Å². The maximum absolute atomic E-state index is 13.0. The lowest BCUT2D eigenvalue weighted by Gasteiger charge is -2.16. The summed E-state index contributed by atoms with van der Waals surface area (Å²) in [6.45, 7) is 1.45. The van der Waals surface area contributed by atoms with E-state index in [-0.39, 0.29) is 11.3 Å². The van der Waals surface area contributed by atoms with Gasteiger partial charge in [0.25, 0.3) is 11.8 Å². The smallest absolute Gasteiger partial charge is 0.337 e. The van der Waals surface area contributed by atoms with Crippen molar-refractivity contribution in [1.82, 2.24) is 0 Å². The molecule has 1 N–H and O–H groups in total. The molecule has 1 aromatic carbocycles. The van der Waals surface area contributed by atoms with E-state index in [1.807, 2.05) is 0 Å². The first-order valence-corrected chi connectivity index (χ1v) is 5.01. The Bertz CT molecular complexity index is 606. The SMILES string of the molecule is CC1=CC(=O)N(c2ccc(F)cc2C(=O)O)C1=O. The molecule has 0 fully saturated rings. The van der Waals surface area contributed by atoms with Crippen LogP contribution in [0.3, 0.4) is 0 Å². The number of imide groups is 1. The van der Waals surface area contributed by atoms with Gasteiger partial charge in [0.1, 0.15) is 5.82 Å². The predicted octanol–water partition coefficient (Wildman–Crippen LogP) is 1.34. The molecule has 1 heterocycles. The molecule has 2 amide bonds. The van der Waals surface area contributed by atoms with Crippen molar-refractivity contribution in [2.75, 3.05) is 4.90 Å². The summed E-state index contributed by atoms with van der Waals surface area (Å²) >= 11 is 0. The Morgan fingerprint density at radius 3 is 2.50 bits per heavy atom. The number of anilines is 1. The Labute approximate surface area is 101 Å². The van der Waals surface area contributed by atoms with E-state index in [0.29, 0.717) is 0 Å². The van der Waals surface area contributed by atoms with Crippen LogP contribution in [0.1, 0.15) is 17.3 Å². The van der Waals surface area contributed by atoms with E-state index >= 15 is 0 Å². The highest BCUT2D eigenvalue weighted by Gasteiger charge is 2.32. The molecule has 2 rings (SSSR count). The van der Waals surface area contributed by atoms with Crippen LogP contribution >= 0.6 is 0 Å². The lowest BCUT2D eigenvalue weighted by atomic mass is 10.1. The zero-order valence-electron chi connectivity index (χ0n) is 9.31. The first-order valence-electron chi connectivity index (χ1n) is 5.01. The van der Waals surface area contributed by atoms with Crippen LogP contribution in [0.4, 0.5) is 10.1 Å². The molecule has 92 valence electrons. The molecule has 1 aliphatic rings. The molecular formula is C12H8FNO4. The number of carboxylic acid groups (broad SMARTS) is 1. The molecular weight excluding hydrogens is 241 g/mol. The fraction of sp³-hybridized carbons (Fsp3) is 0.0833. The summed E-state index contributed by atoms with van der Waals surface area (Å²) < 4.78 is 13.0. The van der Waals surface area contributed by atoms with E-state index in [1.54, 1.807) is 0 Å². The van der Waals surface area contributed by atoms with Gasteiger partial charge in [0.05, 0.1) is 11.3 Å². The van der Waals surface area contributed by atoms with Gasteiger partial charge in [0.15, 0.2) is 0 Å². The second-order valence-electron chi connectivity index (χ2n) is 3.77. The summed E-state index contributed by atoms with van der Waals surface area (Å²) in [5.74, 6) is -3.39. The van der Waals surface area contributed by atoms with Crippen molar-refractivity contribution in [3.63, 3.8) is 0 Å². The van der Waals surface area contributed by atoms with Crippen molar-refractivity contribution >= 4 is 23.5 Å². The second-order valence-corrected chi connectivity index (χ2v) is 3.77. The van der Waals surface area contributed by atoms with Crippen molar-refractivity contribution < 1.29 is 23.9 Å². The van der Waals surface area contributed by atoms with Crippen LogP contribution in [0.2, 0.25) is 0 Å². The van der Waals surface area contributed by atoms with Crippen LogP contribution in [-0.4, -0.2) is 22.9 Å². The van der Waals surface area contributed by atoms with E-state index in [2.05, 4.69) is 0 Å². The topological polar surface area (TPSA) is 74.7 Å². The number of carbonyl (C=O) groups is 3. The van der Waals surface area contributed by atoms with E-state index < -0.39 is 29.2 Å². The average molecular weight is 249 g/mol. The lowest BCUT2D eigenvalue weighted by molar-refractivity contribution is -0.120. The van der Waals surface area contributed by atoms with Gasteiger partial charge in [-0.1, -0.05) is 0 Å². The summed E-state index contributed by atoms with van der Waals surface area (Å²) in [7, 11) is 0. The number of rotatable bonds is 2. The quantitative estimate of drug-likeness (QED) is 0.802. The maximum Gasteiger partial charge on any atom is 0.337 e. The number of benzene rings is 1. The van der Waals surface area contributed by atoms with Crippen molar-refractivity contribution in [3.05, 3.63) is 41.2 Å². The van der Waals surface area contributed by atoms with Crippen LogP contribution in [0.25, 0.3) is 0 Å². The van der Waals surface area contributed by atoms with Crippen LogP contribution in [0, 0.1) is 5.82 Å². The first kappa shape index (κ1) is 12.0. The zero-order chi connectivity index (χ0) is 13.4. The third-order valence-corrected chi connectivity index (χ3v) is 2.53. The van der Waals surface area contributed by atoms with E-state index in [0.717, 1.165) is 29.2 Å². The van der Waals surface area contributed by atoms with E-state index in [1.165, 1.54) is 6.92 Å². The monoisotopic (exact) mass is 249 g/mol. The maximum atomic E-state index is 13.0. The van der Waals surface area contributed by atoms with Gasteiger partial charge < -0.3 is 5.11 Å². The van der Waals surface area contributed by atoms with E-state index in [9.17, 15) is 18.8 Å². The molecule has 1 aliphatic heterocycles. The third-order valence-electron chi connectivity index (χ3n) is 2.53. The number of hydrogen-bond acceptors (Lipinski definition) is 3. The Morgan fingerprint density at radius 1 is 1.33 bits per heavy atom. The molecule has 0 spiro atoms. The van der Waals surface area contributed by atoms with Gasteiger partial charge in [-0.3, -0.25) is 9.59 Å². The summed E-state index contributed by atoms with van der Waals surface area (Å²) in [6, 6.07) is 2.86. The van der Waals surface area contributed by atoms with Crippen LogP contribution in [0.5, 0.6) is 0 Å². The Morgan fingerprint density at radius 2 is 2.00 bits per heavy atom. The van der Waals surface area contributed by atoms with Gasteiger partial charge >= 0.3 is 5.97 Å². The highest BCUT2D eigenvalue weighted by Crippen LogP contribution is 2.26. The Kier molecular flexibility index (Phi) is 2.70. The molecule has 0 saturated heterocycles. The molecule has 1 aromatic rings. The number of carbonyl (C=O) groups excluding carboxylic acids is 2. The lowest BCUT2D eigenvalue weighted by Crippen LogP contribution is -2.32. The molecule has 0 radical (unpaired) electrons. The normalized spacial score (nSPS) is 15.0. The molecule has 0 bridgehead atoms. The molecule has 6 heteroatoms. The minimum Gasteiger partial charge on any atom is -0.478 e. The minimum absolute atomic E-state index is 0.132. The van der Waals surface area contributed by atoms with Gasteiger partial charge in [0, 0.05) is 11.6 Å². The summed E-state index contributed by atoms with van der Waals surface area (Å²) in [6.07, 6.45) is 1.11. The summed E-state index contributed by atoms with van der Waals surface area (Å²) in [5, 5.41) is 8.96. The molecule has 0 atom stereocenters. The predicted molar refractivity (Wildman–Crippen MR) is 59.6 cm³/mol. The first-order chi connectivity index (χ1) is 8.41. The zero-order valence-corrected chi connectivity index (χ0v) is 9.31. The van der Waals surface area contributed by atoms with Gasteiger partial charge in [-0.15, -0.1) is 0 Å². The van der Waals surface area contributed by atoms with Crippen molar-refractivity contribution in [3.8, 4) is 0 Å². The van der Waals surface area contributed by atoms with Crippen molar-refractivity contribution in [2.24, 2.45) is 0 Å². The number of nitrogens with zero attached hydrogens (tertiary/aromatic N) is 1. The van der Waals surface area contributed by atoms with Gasteiger partial charge in [-0.05, 0) is 25.1 Å². The number of carboxylic acids is 1. The van der Waals surface area contributed by atoms with Gasteiger partial charge in [-0.25, -0.2) is 14.1 Å². The summed E-state index contributed by atoms with van der Waals surface area (Å²) in [5.41, 5.74) is -0.354. The second kappa shape index (κ2) is 4.06. The highest BCUT2D eigenvalue weighted by molar-refractivity contribution is 6.31. The largest absolute Gasteiger partial charge is 0.478 e. The summed E-state index contributed by atoms with van der Waals surface area (Å²) in [4.78, 5) is 35.0.